The van der Waals surface area contributed by atoms with Crippen LogP contribution in [0.2, 0.25) is 0 Å². The van der Waals surface area contributed by atoms with Gasteiger partial charge < -0.3 is 10.4 Å². The van der Waals surface area contributed by atoms with Crippen LogP contribution in [-0.2, 0) is 12.2 Å². The van der Waals surface area contributed by atoms with Crippen LogP contribution in [0.3, 0.4) is 0 Å². The van der Waals surface area contributed by atoms with Crippen LogP contribution in [0.25, 0.3) is 0 Å². The van der Waals surface area contributed by atoms with Gasteiger partial charge in [0.15, 0.2) is 0 Å². The van der Waals surface area contributed by atoms with Crippen molar-refractivity contribution in [2.75, 3.05) is 5.75 Å². The molecule has 0 radical (unpaired) electrons. The Hall–Kier alpha value is -0.520. The molecule has 0 spiro atoms. The van der Waals surface area contributed by atoms with Gasteiger partial charge in [-0.15, -0.1) is 11.3 Å². The molecule has 2 heterocycles. The summed E-state index contributed by atoms with van der Waals surface area (Å²) >= 11 is 3.56. The van der Waals surface area contributed by atoms with Crippen molar-refractivity contribution in [1.29, 1.82) is 0 Å². The molecule has 1 aliphatic heterocycles. The van der Waals surface area contributed by atoms with Gasteiger partial charge in [-0.1, -0.05) is 12.8 Å². The highest BCUT2D eigenvalue weighted by atomic mass is 32.2. The maximum absolute atomic E-state index is 12.3. The second-order valence-electron chi connectivity index (χ2n) is 5.29. The summed E-state index contributed by atoms with van der Waals surface area (Å²) in [6, 6.07) is 1.98. The van der Waals surface area contributed by atoms with E-state index in [0.29, 0.717) is 0 Å². The van der Waals surface area contributed by atoms with Crippen molar-refractivity contribution in [2.45, 2.75) is 50.0 Å². The molecule has 1 aromatic rings. The number of hydrogen-bond donors (Lipinski definition) is 2. The molecule has 1 aromatic heterocycles. The van der Waals surface area contributed by atoms with Crippen molar-refractivity contribution in [3.05, 3.63) is 21.4 Å². The maximum atomic E-state index is 12.3. The molecule has 1 amide bonds. The average molecular weight is 297 g/mol. The van der Waals surface area contributed by atoms with Crippen molar-refractivity contribution in [3.63, 3.8) is 0 Å². The van der Waals surface area contributed by atoms with Crippen LogP contribution >= 0.6 is 23.1 Å². The Morgan fingerprint density at radius 1 is 1.37 bits per heavy atom. The number of hydrogen-bond acceptors (Lipinski definition) is 4. The van der Waals surface area contributed by atoms with Gasteiger partial charge in [0.05, 0.1) is 17.0 Å². The molecule has 0 bridgehead atoms. The van der Waals surface area contributed by atoms with E-state index in [4.69, 9.17) is 0 Å². The number of nitrogens with one attached hydrogen (secondary N) is 1. The molecule has 3 rings (SSSR count). The predicted molar refractivity (Wildman–Crippen MR) is 79.9 cm³/mol. The first-order valence-electron chi connectivity index (χ1n) is 6.92. The zero-order valence-corrected chi connectivity index (χ0v) is 12.5. The molecule has 2 atom stereocenters. The SMILES string of the molecule is O=C(N[C@@H]1CCCC[C@H]1O)c1cc2c(s1)CCSC2. The van der Waals surface area contributed by atoms with Gasteiger partial charge >= 0.3 is 0 Å². The Balaban J connectivity index is 1.68. The predicted octanol–water partition coefficient (Wildman–Crippen LogP) is 2.57. The third kappa shape index (κ3) is 2.98. The van der Waals surface area contributed by atoms with Crippen molar-refractivity contribution in [3.8, 4) is 0 Å². The molecule has 2 N–H and O–H groups in total. The summed E-state index contributed by atoms with van der Waals surface area (Å²) in [5.74, 6) is 2.19. The first-order chi connectivity index (χ1) is 9.24. The van der Waals surface area contributed by atoms with Gasteiger partial charge in [-0.05, 0) is 36.6 Å². The summed E-state index contributed by atoms with van der Waals surface area (Å²) in [6.45, 7) is 0. The van der Waals surface area contributed by atoms with E-state index in [2.05, 4.69) is 5.32 Å². The molecule has 1 saturated carbocycles. The molecular formula is C14H19NO2S2. The van der Waals surface area contributed by atoms with Crippen molar-refractivity contribution in [1.82, 2.24) is 5.32 Å². The molecule has 19 heavy (non-hydrogen) atoms. The zero-order valence-electron chi connectivity index (χ0n) is 10.9. The lowest BCUT2D eigenvalue weighted by Crippen LogP contribution is -2.44. The summed E-state index contributed by atoms with van der Waals surface area (Å²) in [5, 5.41) is 12.9. The third-order valence-electron chi connectivity index (χ3n) is 3.90. The van der Waals surface area contributed by atoms with Crippen LogP contribution in [0.5, 0.6) is 0 Å². The summed E-state index contributed by atoms with van der Waals surface area (Å²) in [4.78, 5) is 14.4. The van der Waals surface area contributed by atoms with E-state index < -0.39 is 0 Å². The minimum atomic E-state index is -0.372. The van der Waals surface area contributed by atoms with Gasteiger partial charge in [-0.25, -0.2) is 0 Å². The van der Waals surface area contributed by atoms with Crippen LogP contribution in [-0.4, -0.2) is 28.9 Å². The normalized spacial score (nSPS) is 26.8. The van der Waals surface area contributed by atoms with Crippen LogP contribution in [0.4, 0.5) is 0 Å². The first kappa shape index (κ1) is 13.5. The number of aliphatic hydroxyl groups excluding tert-OH is 1. The molecule has 0 saturated heterocycles. The molecule has 1 fully saturated rings. The van der Waals surface area contributed by atoms with Gasteiger partial charge in [0, 0.05) is 10.6 Å². The second-order valence-corrected chi connectivity index (χ2v) is 7.54. The van der Waals surface area contributed by atoms with E-state index in [0.717, 1.165) is 48.5 Å². The number of amides is 1. The second kappa shape index (κ2) is 5.85. The molecule has 5 heteroatoms. The molecule has 0 aromatic carbocycles. The number of fused-ring (bicyclic) bond motifs is 1. The third-order valence-corrected chi connectivity index (χ3v) is 6.14. The Morgan fingerprint density at radius 3 is 3.00 bits per heavy atom. The van der Waals surface area contributed by atoms with Crippen LogP contribution in [0.1, 0.15) is 45.8 Å². The fourth-order valence-corrected chi connectivity index (χ4v) is 5.05. The lowest BCUT2D eigenvalue weighted by molar-refractivity contribution is 0.0720. The number of carbonyl (C=O) groups is 1. The molecule has 3 nitrogen and oxygen atoms in total. The molecule has 0 unspecified atom stereocenters. The van der Waals surface area contributed by atoms with Crippen LogP contribution < -0.4 is 5.32 Å². The number of rotatable bonds is 2. The van der Waals surface area contributed by atoms with E-state index in [9.17, 15) is 9.90 Å². The van der Waals surface area contributed by atoms with Crippen molar-refractivity contribution in [2.24, 2.45) is 0 Å². The molecular weight excluding hydrogens is 278 g/mol. The van der Waals surface area contributed by atoms with E-state index in [1.54, 1.807) is 11.3 Å². The smallest absolute Gasteiger partial charge is 0.261 e. The van der Waals surface area contributed by atoms with E-state index in [1.807, 2.05) is 17.8 Å². The monoisotopic (exact) mass is 297 g/mol. The van der Waals surface area contributed by atoms with Crippen molar-refractivity contribution >= 4 is 29.0 Å². The average Bonchev–Trinajstić information content (AvgIpc) is 2.85. The lowest BCUT2D eigenvalue weighted by atomic mass is 9.92. The minimum Gasteiger partial charge on any atom is -0.391 e. The Labute approximate surface area is 121 Å². The summed E-state index contributed by atoms with van der Waals surface area (Å²) in [5.41, 5.74) is 1.33. The number of thioether (sulfide) groups is 1. The maximum Gasteiger partial charge on any atom is 0.261 e. The lowest BCUT2D eigenvalue weighted by Gasteiger charge is -2.28. The largest absolute Gasteiger partial charge is 0.391 e. The van der Waals surface area contributed by atoms with E-state index in [-0.39, 0.29) is 18.1 Å². The standard InChI is InChI=1S/C14H19NO2S2/c16-11-4-2-1-3-10(11)15-14(17)13-7-9-8-18-6-5-12(9)19-13/h7,10-11,16H,1-6,8H2,(H,15,17)/t10-,11-/m1/s1. The van der Waals surface area contributed by atoms with Gasteiger partial charge in [0.2, 0.25) is 0 Å². The fourth-order valence-electron chi connectivity index (χ4n) is 2.78. The zero-order chi connectivity index (χ0) is 13.2. The number of thiophene rings is 1. The van der Waals surface area contributed by atoms with Gasteiger partial charge in [0.25, 0.3) is 5.91 Å². The highest BCUT2D eigenvalue weighted by Gasteiger charge is 2.26. The highest BCUT2D eigenvalue weighted by molar-refractivity contribution is 7.98. The van der Waals surface area contributed by atoms with Gasteiger partial charge in [-0.2, -0.15) is 11.8 Å². The molecule has 1 aliphatic carbocycles. The number of aryl methyl sites for hydroxylation is 1. The number of aliphatic hydroxyl groups is 1. The Morgan fingerprint density at radius 2 is 2.21 bits per heavy atom. The van der Waals surface area contributed by atoms with E-state index in [1.165, 1.54) is 10.4 Å². The summed E-state index contributed by atoms with van der Waals surface area (Å²) in [7, 11) is 0. The van der Waals surface area contributed by atoms with Gasteiger partial charge in [-0.3, -0.25) is 4.79 Å². The van der Waals surface area contributed by atoms with Gasteiger partial charge in [0.1, 0.15) is 0 Å². The molecule has 2 aliphatic rings. The molecule has 104 valence electrons. The Kier molecular flexibility index (Phi) is 4.15. The fraction of sp³-hybridized carbons (Fsp3) is 0.643. The van der Waals surface area contributed by atoms with Crippen LogP contribution in [0.15, 0.2) is 6.07 Å². The quantitative estimate of drug-likeness (QED) is 0.882. The Bertz CT molecular complexity index is 449. The number of carbonyl (C=O) groups excluding carboxylic acids is 1. The first-order valence-corrected chi connectivity index (χ1v) is 8.89. The van der Waals surface area contributed by atoms with E-state index >= 15 is 0 Å². The highest BCUT2D eigenvalue weighted by Crippen LogP contribution is 2.31. The summed E-state index contributed by atoms with van der Waals surface area (Å²) < 4.78 is 0. The van der Waals surface area contributed by atoms with Crippen molar-refractivity contribution < 1.29 is 9.90 Å². The minimum absolute atomic E-state index is 0.00431. The topological polar surface area (TPSA) is 49.3 Å². The van der Waals surface area contributed by atoms with Crippen LogP contribution in [0, 0.1) is 0 Å². The summed E-state index contributed by atoms with van der Waals surface area (Å²) in [6.07, 6.45) is 4.58.